The fraction of sp³-hybridized carbons (Fsp3) is 0. The minimum Gasteiger partial charge on any atom is -0.422 e. The van der Waals surface area contributed by atoms with Gasteiger partial charge in [-0.2, -0.15) is 5.10 Å². The highest BCUT2D eigenvalue weighted by molar-refractivity contribution is 6.08. The fourth-order valence-corrected chi connectivity index (χ4v) is 3.53. The minimum atomic E-state index is -0.651. The second-order valence-electron chi connectivity index (χ2n) is 7.26. The van der Waals surface area contributed by atoms with Crippen molar-refractivity contribution in [2.45, 2.75) is 0 Å². The number of para-hydroxylation sites is 2. The number of carbonyl (C=O) groups is 1. The Morgan fingerprint density at radius 1 is 0.875 bits per heavy atom. The van der Waals surface area contributed by atoms with E-state index >= 15 is 0 Å². The highest BCUT2D eigenvalue weighted by Gasteiger charge is 2.13. The van der Waals surface area contributed by atoms with E-state index in [0.29, 0.717) is 11.0 Å². The summed E-state index contributed by atoms with van der Waals surface area (Å²) in [4.78, 5) is 25.2. The first-order valence-electron chi connectivity index (χ1n) is 10.1. The van der Waals surface area contributed by atoms with E-state index in [0.717, 1.165) is 22.5 Å². The molecular weight excluding hydrogens is 400 g/mol. The summed E-state index contributed by atoms with van der Waals surface area (Å²) in [6, 6.07) is 28.2. The van der Waals surface area contributed by atoms with Gasteiger partial charge in [-0.05, 0) is 36.4 Å². The lowest BCUT2D eigenvalue weighted by atomic mass is 10.1. The van der Waals surface area contributed by atoms with Crippen LogP contribution in [0.2, 0.25) is 0 Å². The quantitative estimate of drug-likeness (QED) is 0.213. The molecule has 0 unspecified atom stereocenters. The average molecular weight is 418 g/mol. The number of aromatic nitrogens is 2. The van der Waals surface area contributed by atoms with Gasteiger partial charge in [0.25, 0.3) is 0 Å². The molecule has 0 saturated carbocycles. The zero-order valence-electron chi connectivity index (χ0n) is 17.0. The van der Waals surface area contributed by atoms with Gasteiger partial charge >= 0.3 is 5.63 Å². The molecule has 0 bridgehead atoms. The molecule has 5 nitrogen and oxygen atoms in total. The van der Waals surface area contributed by atoms with E-state index in [1.54, 1.807) is 35.0 Å². The molecule has 0 saturated heterocycles. The molecule has 0 amide bonds. The highest BCUT2D eigenvalue weighted by atomic mass is 16.4. The van der Waals surface area contributed by atoms with Crippen LogP contribution in [0.4, 0.5) is 0 Å². The fourth-order valence-electron chi connectivity index (χ4n) is 3.53. The van der Waals surface area contributed by atoms with Crippen molar-refractivity contribution in [2.75, 3.05) is 0 Å². The van der Waals surface area contributed by atoms with Crippen molar-refractivity contribution in [3.05, 3.63) is 125 Å². The van der Waals surface area contributed by atoms with Crippen molar-refractivity contribution in [1.29, 1.82) is 0 Å². The van der Waals surface area contributed by atoms with Crippen LogP contribution >= 0.6 is 0 Å². The summed E-state index contributed by atoms with van der Waals surface area (Å²) in [6.45, 7) is 0. The molecule has 0 aliphatic rings. The SMILES string of the molecule is O=C(C=Cc1cn(-c2ccccc2)nc1-c1ccccc1)c1cc2ccccc2oc1=O. The number of rotatable bonds is 5. The third-order valence-electron chi connectivity index (χ3n) is 5.13. The van der Waals surface area contributed by atoms with E-state index < -0.39 is 11.4 Å². The number of hydrogen-bond acceptors (Lipinski definition) is 4. The van der Waals surface area contributed by atoms with Gasteiger partial charge in [-0.3, -0.25) is 4.79 Å². The number of allylic oxidation sites excluding steroid dienone is 1. The second kappa shape index (κ2) is 8.32. The Hall–Kier alpha value is -4.51. The van der Waals surface area contributed by atoms with Crippen LogP contribution in [0.1, 0.15) is 15.9 Å². The van der Waals surface area contributed by atoms with Crippen LogP contribution in [0.25, 0.3) is 34.0 Å². The lowest BCUT2D eigenvalue weighted by Crippen LogP contribution is -2.11. The lowest BCUT2D eigenvalue weighted by molar-refractivity contribution is 0.104. The number of nitrogens with zero attached hydrogens (tertiary/aromatic N) is 2. The minimum absolute atomic E-state index is 0.00309. The van der Waals surface area contributed by atoms with Gasteiger partial charge in [0.1, 0.15) is 11.1 Å². The molecule has 5 aromatic rings. The van der Waals surface area contributed by atoms with Crippen LogP contribution in [-0.4, -0.2) is 15.6 Å². The van der Waals surface area contributed by atoms with E-state index in [2.05, 4.69) is 0 Å². The Bertz CT molecular complexity index is 1500. The maximum atomic E-state index is 12.8. The summed E-state index contributed by atoms with van der Waals surface area (Å²) in [5.74, 6) is -0.420. The van der Waals surface area contributed by atoms with E-state index in [-0.39, 0.29) is 5.56 Å². The van der Waals surface area contributed by atoms with Crippen LogP contribution in [0.3, 0.4) is 0 Å². The van der Waals surface area contributed by atoms with Crippen LogP contribution in [0, 0.1) is 0 Å². The number of fused-ring (bicyclic) bond motifs is 1. The first-order valence-corrected chi connectivity index (χ1v) is 10.1. The van der Waals surface area contributed by atoms with E-state index in [1.165, 1.54) is 6.08 Å². The molecule has 154 valence electrons. The Balaban J connectivity index is 1.54. The second-order valence-corrected chi connectivity index (χ2v) is 7.26. The molecule has 0 spiro atoms. The third kappa shape index (κ3) is 3.79. The Morgan fingerprint density at radius 2 is 1.56 bits per heavy atom. The molecule has 0 N–H and O–H groups in total. The number of benzene rings is 3. The highest BCUT2D eigenvalue weighted by Crippen LogP contribution is 2.25. The molecule has 32 heavy (non-hydrogen) atoms. The van der Waals surface area contributed by atoms with Crippen molar-refractivity contribution in [1.82, 2.24) is 9.78 Å². The van der Waals surface area contributed by atoms with Crippen LogP contribution in [0.15, 0.2) is 112 Å². The average Bonchev–Trinajstić information content (AvgIpc) is 3.27. The Morgan fingerprint density at radius 3 is 2.34 bits per heavy atom. The molecule has 3 aromatic carbocycles. The van der Waals surface area contributed by atoms with Crippen LogP contribution < -0.4 is 5.63 Å². The van der Waals surface area contributed by atoms with Gasteiger partial charge < -0.3 is 4.42 Å². The molecule has 2 aromatic heterocycles. The van der Waals surface area contributed by atoms with Crippen LogP contribution in [-0.2, 0) is 0 Å². The molecular formula is C27H18N2O3. The smallest absolute Gasteiger partial charge is 0.347 e. The summed E-state index contributed by atoms with van der Waals surface area (Å²) in [5, 5.41) is 5.43. The standard InChI is InChI=1S/C27H18N2O3/c30-24(23-17-20-11-7-8-14-25(20)32-27(23)31)16-15-21-18-29(22-12-5-2-6-13-22)28-26(21)19-9-3-1-4-10-19/h1-18H. The first kappa shape index (κ1) is 19.5. The van der Waals surface area contributed by atoms with E-state index in [9.17, 15) is 9.59 Å². The van der Waals surface area contributed by atoms with Gasteiger partial charge in [0.15, 0.2) is 5.78 Å². The molecule has 0 radical (unpaired) electrons. The summed E-state index contributed by atoms with van der Waals surface area (Å²) >= 11 is 0. The first-order chi connectivity index (χ1) is 15.7. The normalized spacial score (nSPS) is 11.2. The monoisotopic (exact) mass is 418 g/mol. The molecule has 0 fully saturated rings. The van der Waals surface area contributed by atoms with Crippen molar-refractivity contribution >= 4 is 22.8 Å². The molecule has 5 heteroatoms. The van der Waals surface area contributed by atoms with Crippen molar-refractivity contribution in [3.63, 3.8) is 0 Å². The molecule has 5 rings (SSSR count). The third-order valence-corrected chi connectivity index (χ3v) is 5.13. The number of ketones is 1. The zero-order valence-corrected chi connectivity index (χ0v) is 17.0. The van der Waals surface area contributed by atoms with Gasteiger partial charge in [-0.15, -0.1) is 0 Å². The number of hydrogen-bond donors (Lipinski definition) is 0. The van der Waals surface area contributed by atoms with Crippen molar-refractivity contribution < 1.29 is 9.21 Å². The predicted octanol–water partition coefficient (Wildman–Crippen LogP) is 5.54. The maximum absolute atomic E-state index is 12.8. The maximum Gasteiger partial charge on any atom is 0.347 e. The predicted molar refractivity (Wildman–Crippen MR) is 125 cm³/mol. The molecule has 0 atom stereocenters. The van der Waals surface area contributed by atoms with Crippen molar-refractivity contribution in [2.24, 2.45) is 0 Å². The summed E-state index contributed by atoms with van der Waals surface area (Å²) in [6.07, 6.45) is 4.94. The lowest BCUT2D eigenvalue weighted by Gasteiger charge is -2.00. The van der Waals surface area contributed by atoms with Gasteiger partial charge in [-0.1, -0.05) is 66.7 Å². The van der Waals surface area contributed by atoms with Crippen LogP contribution in [0.5, 0.6) is 0 Å². The molecule has 2 heterocycles. The van der Waals surface area contributed by atoms with Crippen molar-refractivity contribution in [3.8, 4) is 16.9 Å². The van der Waals surface area contributed by atoms with Gasteiger partial charge in [0.2, 0.25) is 0 Å². The molecule has 0 aliphatic carbocycles. The number of carbonyl (C=O) groups excluding carboxylic acids is 1. The zero-order chi connectivity index (χ0) is 21.9. The topological polar surface area (TPSA) is 65.1 Å². The van der Waals surface area contributed by atoms with Gasteiger partial charge in [-0.25, -0.2) is 9.48 Å². The summed E-state index contributed by atoms with van der Waals surface area (Å²) in [7, 11) is 0. The largest absolute Gasteiger partial charge is 0.422 e. The van der Waals surface area contributed by atoms with Gasteiger partial charge in [0, 0.05) is 22.7 Å². The Kier molecular flexibility index (Phi) is 5.06. The van der Waals surface area contributed by atoms with E-state index in [4.69, 9.17) is 9.52 Å². The summed E-state index contributed by atoms with van der Waals surface area (Å²) in [5.41, 5.74) is 3.14. The van der Waals surface area contributed by atoms with E-state index in [1.807, 2.05) is 72.9 Å². The Labute approximate surface area is 183 Å². The summed E-state index contributed by atoms with van der Waals surface area (Å²) < 4.78 is 7.07. The van der Waals surface area contributed by atoms with Gasteiger partial charge in [0.05, 0.1) is 11.4 Å². The molecule has 0 aliphatic heterocycles.